The van der Waals surface area contributed by atoms with E-state index in [9.17, 15) is 4.79 Å². The van der Waals surface area contributed by atoms with Gasteiger partial charge in [0.25, 0.3) is 0 Å². The van der Waals surface area contributed by atoms with Gasteiger partial charge in [0, 0.05) is 45.9 Å². The fraction of sp³-hybridized carbons (Fsp3) is 0.632. The van der Waals surface area contributed by atoms with Gasteiger partial charge in [-0.1, -0.05) is 30.3 Å². The van der Waals surface area contributed by atoms with E-state index < -0.39 is 0 Å². The number of benzene rings is 1. The molecule has 0 saturated carbocycles. The van der Waals surface area contributed by atoms with Crippen molar-refractivity contribution < 1.29 is 9.53 Å². The predicted octanol–water partition coefficient (Wildman–Crippen LogP) is 2.47. The van der Waals surface area contributed by atoms with Crippen LogP contribution in [0.2, 0.25) is 0 Å². The largest absolute Gasteiger partial charge is 0.376 e. The van der Waals surface area contributed by atoms with Gasteiger partial charge in [0.15, 0.2) is 0 Å². The Morgan fingerprint density at radius 3 is 2.67 bits per heavy atom. The summed E-state index contributed by atoms with van der Waals surface area (Å²) in [5, 5.41) is 3.02. The number of rotatable bonds is 5. The first kappa shape index (κ1) is 17.2. The average molecular weight is 331 g/mol. The summed E-state index contributed by atoms with van der Waals surface area (Å²) in [6.07, 6.45) is 4.45. The summed E-state index contributed by atoms with van der Waals surface area (Å²) in [4.78, 5) is 16.7. The van der Waals surface area contributed by atoms with Gasteiger partial charge in [-0.25, -0.2) is 4.79 Å². The molecule has 2 saturated heterocycles. The van der Waals surface area contributed by atoms with Gasteiger partial charge in [-0.3, -0.25) is 4.90 Å². The van der Waals surface area contributed by atoms with Crippen LogP contribution in [0.25, 0.3) is 0 Å². The van der Waals surface area contributed by atoms with Crippen LogP contribution < -0.4 is 5.32 Å². The Bertz CT molecular complexity index is 509. The lowest BCUT2D eigenvalue weighted by molar-refractivity contribution is 0.104. The van der Waals surface area contributed by atoms with Gasteiger partial charge in [-0.2, -0.15) is 0 Å². The summed E-state index contributed by atoms with van der Waals surface area (Å²) in [6.45, 7) is 4.56. The van der Waals surface area contributed by atoms with Gasteiger partial charge >= 0.3 is 6.03 Å². The number of urea groups is 1. The maximum atomic E-state index is 12.3. The van der Waals surface area contributed by atoms with Crippen molar-refractivity contribution >= 4 is 6.03 Å². The van der Waals surface area contributed by atoms with E-state index in [0.717, 1.165) is 51.9 Å². The molecular weight excluding hydrogens is 302 g/mol. The van der Waals surface area contributed by atoms with Crippen molar-refractivity contribution in [3.05, 3.63) is 35.9 Å². The standard InChI is InChI=1S/C19H29N3O2/c1-21(19(23)20-14-18-8-5-13-24-18)17-9-11-22(12-10-17)15-16-6-3-2-4-7-16/h2-4,6-7,17-18H,5,8-15H2,1H3,(H,20,23). The second-order valence-electron chi connectivity index (χ2n) is 6.92. The van der Waals surface area contributed by atoms with Crippen molar-refractivity contribution in [1.82, 2.24) is 15.1 Å². The second-order valence-corrected chi connectivity index (χ2v) is 6.92. The number of piperidine rings is 1. The molecule has 1 aromatic carbocycles. The Balaban J connectivity index is 1.39. The summed E-state index contributed by atoms with van der Waals surface area (Å²) in [7, 11) is 1.92. The van der Waals surface area contributed by atoms with Crippen LogP contribution in [0, 0.1) is 0 Å². The Morgan fingerprint density at radius 2 is 2.00 bits per heavy atom. The normalized spacial score (nSPS) is 22.5. The van der Waals surface area contributed by atoms with Crippen molar-refractivity contribution in [3.63, 3.8) is 0 Å². The topological polar surface area (TPSA) is 44.8 Å². The first-order valence-electron chi connectivity index (χ1n) is 9.11. The molecule has 1 N–H and O–H groups in total. The quantitative estimate of drug-likeness (QED) is 0.901. The number of hydrogen-bond acceptors (Lipinski definition) is 3. The van der Waals surface area contributed by atoms with Gasteiger partial charge in [-0.05, 0) is 31.2 Å². The van der Waals surface area contributed by atoms with Crippen LogP contribution in [0.1, 0.15) is 31.2 Å². The first-order chi connectivity index (χ1) is 11.7. The number of amides is 2. The van der Waals surface area contributed by atoms with E-state index in [1.54, 1.807) is 0 Å². The lowest BCUT2D eigenvalue weighted by Gasteiger charge is -2.36. The van der Waals surface area contributed by atoms with Crippen LogP contribution in [0.15, 0.2) is 30.3 Å². The summed E-state index contributed by atoms with van der Waals surface area (Å²) >= 11 is 0. The van der Waals surface area contributed by atoms with E-state index in [1.165, 1.54) is 5.56 Å². The molecule has 1 atom stereocenters. The minimum absolute atomic E-state index is 0.0343. The molecule has 0 radical (unpaired) electrons. The third-order valence-electron chi connectivity index (χ3n) is 5.18. The van der Waals surface area contributed by atoms with Gasteiger partial charge in [0.1, 0.15) is 0 Å². The van der Waals surface area contributed by atoms with Crippen molar-refractivity contribution in [2.24, 2.45) is 0 Å². The van der Waals surface area contributed by atoms with E-state index in [4.69, 9.17) is 4.74 Å². The molecule has 2 aliphatic rings. The highest BCUT2D eigenvalue weighted by Crippen LogP contribution is 2.18. The number of carbonyl (C=O) groups is 1. The molecule has 2 heterocycles. The fourth-order valence-corrected chi connectivity index (χ4v) is 3.60. The van der Waals surface area contributed by atoms with Crippen molar-refractivity contribution in [2.75, 3.05) is 33.3 Å². The average Bonchev–Trinajstić information content (AvgIpc) is 3.14. The van der Waals surface area contributed by atoms with E-state index >= 15 is 0 Å². The Kier molecular flexibility index (Phi) is 6.10. The molecule has 0 aliphatic carbocycles. The number of nitrogens with zero attached hydrogens (tertiary/aromatic N) is 2. The van der Waals surface area contributed by atoms with Crippen LogP contribution in [-0.2, 0) is 11.3 Å². The van der Waals surface area contributed by atoms with E-state index in [0.29, 0.717) is 12.6 Å². The van der Waals surface area contributed by atoms with Gasteiger partial charge in [0.2, 0.25) is 0 Å². The zero-order valence-corrected chi connectivity index (χ0v) is 14.6. The SMILES string of the molecule is CN(C(=O)NCC1CCCO1)C1CCN(Cc2ccccc2)CC1. The molecule has 2 amide bonds. The lowest BCUT2D eigenvalue weighted by atomic mass is 10.0. The monoisotopic (exact) mass is 331 g/mol. The zero-order chi connectivity index (χ0) is 16.8. The molecule has 0 bridgehead atoms. The second kappa shape index (κ2) is 8.49. The summed E-state index contributed by atoms with van der Waals surface area (Å²) in [6, 6.07) is 11.0. The van der Waals surface area contributed by atoms with Crippen LogP contribution in [-0.4, -0.2) is 61.3 Å². The maximum Gasteiger partial charge on any atom is 0.317 e. The molecule has 3 rings (SSSR count). The molecule has 1 unspecified atom stereocenters. The minimum atomic E-state index is 0.0343. The zero-order valence-electron chi connectivity index (χ0n) is 14.6. The van der Waals surface area contributed by atoms with Crippen LogP contribution >= 0.6 is 0 Å². The van der Waals surface area contributed by atoms with Crippen molar-refractivity contribution in [3.8, 4) is 0 Å². The highest BCUT2D eigenvalue weighted by atomic mass is 16.5. The minimum Gasteiger partial charge on any atom is -0.376 e. The molecule has 5 heteroatoms. The Labute approximate surface area is 145 Å². The van der Waals surface area contributed by atoms with Crippen molar-refractivity contribution in [1.29, 1.82) is 0 Å². The molecule has 24 heavy (non-hydrogen) atoms. The van der Waals surface area contributed by atoms with Gasteiger partial charge in [-0.15, -0.1) is 0 Å². The van der Waals surface area contributed by atoms with E-state index in [-0.39, 0.29) is 12.1 Å². The third kappa shape index (κ3) is 4.71. The Hall–Kier alpha value is -1.59. The van der Waals surface area contributed by atoms with E-state index in [1.807, 2.05) is 11.9 Å². The van der Waals surface area contributed by atoms with E-state index in [2.05, 4.69) is 40.5 Å². The van der Waals surface area contributed by atoms with Crippen LogP contribution in [0.5, 0.6) is 0 Å². The molecule has 2 fully saturated rings. The summed E-state index contributed by atoms with van der Waals surface area (Å²) in [5.74, 6) is 0. The molecule has 5 nitrogen and oxygen atoms in total. The number of nitrogens with one attached hydrogen (secondary N) is 1. The predicted molar refractivity (Wildman–Crippen MR) is 94.9 cm³/mol. The number of likely N-dealkylation sites (tertiary alicyclic amines) is 1. The van der Waals surface area contributed by atoms with Gasteiger partial charge < -0.3 is 15.0 Å². The fourth-order valence-electron chi connectivity index (χ4n) is 3.60. The third-order valence-corrected chi connectivity index (χ3v) is 5.18. The number of ether oxygens (including phenoxy) is 1. The van der Waals surface area contributed by atoms with Gasteiger partial charge in [0.05, 0.1) is 6.10 Å². The van der Waals surface area contributed by atoms with Crippen LogP contribution in [0.3, 0.4) is 0 Å². The highest BCUT2D eigenvalue weighted by Gasteiger charge is 2.26. The summed E-state index contributed by atoms with van der Waals surface area (Å²) in [5.41, 5.74) is 1.36. The number of hydrogen-bond donors (Lipinski definition) is 1. The first-order valence-corrected chi connectivity index (χ1v) is 9.11. The lowest BCUT2D eigenvalue weighted by Crippen LogP contribution is -2.49. The smallest absolute Gasteiger partial charge is 0.317 e. The van der Waals surface area contributed by atoms with Crippen molar-refractivity contribution in [2.45, 2.75) is 44.4 Å². The number of carbonyl (C=O) groups excluding carboxylic acids is 1. The van der Waals surface area contributed by atoms with Crippen LogP contribution in [0.4, 0.5) is 4.79 Å². The highest BCUT2D eigenvalue weighted by molar-refractivity contribution is 5.74. The molecule has 1 aromatic rings. The maximum absolute atomic E-state index is 12.3. The molecule has 132 valence electrons. The molecule has 0 aromatic heterocycles. The molecule has 0 spiro atoms. The summed E-state index contributed by atoms with van der Waals surface area (Å²) < 4.78 is 5.56. The Morgan fingerprint density at radius 1 is 1.25 bits per heavy atom. The molecular formula is C19H29N3O2. The molecule has 2 aliphatic heterocycles.